The maximum absolute atomic E-state index is 12.8. The molecule has 18 heavy (non-hydrogen) atoms. The molecule has 2 rings (SSSR count). The van der Waals surface area contributed by atoms with Gasteiger partial charge in [-0.15, -0.1) is 0 Å². The number of benzene rings is 1. The molecule has 0 saturated heterocycles. The number of nitrogens with zero attached hydrogens (tertiary/aromatic N) is 3. The number of halogens is 1. The first kappa shape index (κ1) is 12.4. The Morgan fingerprint density at radius 3 is 2.61 bits per heavy atom. The summed E-state index contributed by atoms with van der Waals surface area (Å²) in [5, 5.41) is 0. The largest absolute Gasteiger partial charge is 0.354 e. The fourth-order valence-electron chi connectivity index (χ4n) is 1.62. The summed E-state index contributed by atoms with van der Waals surface area (Å²) in [6, 6.07) is 6.41. The highest BCUT2D eigenvalue weighted by atomic mass is 19.1. The molecule has 0 amide bonds. The Bertz CT molecular complexity index is 513. The van der Waals surface area contributed by atoms with Crippen LogP contribution in [0.3, 0.4) is 0 Å². The van der Waals surface area contributed by atoms with E-state index >= 15 is 0 Å². The van der Waals surface area contributed by atoms with E-state index in [9.17, 15) is 4.39 Å². The van der Waals surface area contributed by atoms with E-state index in [1.165, 1.54) is 12.1 Å². The molecule has 5 heteroatoms. The van der Waals surface area contributed by atoms with Crippen molar-refractivity contribution in [2.24, 2.45) is 5.73 Å². The smallest absolute Gasteiger partial charge is 0.147 e. The normalized spacial score (nSPS) is 10.4. The number of rotatable bonds is 4. The highest BCUT2D eigenvalue weighted by molar-refractivity contribution is 5.36. The van der Waals surface area contributed by atoms with Crippen LogP contribution in [0.2, 0.25) is 0 Å². The summed E-state index contributed by atoms with van der Waals surface area (Å²) >= 11 is 0. The van der Waals surface area contributed by atoms with Gasteiger partial charge < -0.3 is 10.6 Å². The summed E-state index contributed by atoms with van der Waals surface area (Å²) in [6.45, 7) is 1.01. The Balaban J connectivity index is 2.11. The van der Waals surface area contributed by atoms with Crippen molar-refractivity contribution in [3.05, 3.63) is 53.7 Å². The van der Waals surface area contributed by atoms with Crippen molar-refractivity contribution in [1.29, 1.82) is 0 Å². The van der Waals surface area contributed by atoms with Crippen molar-refractivity contribution in [1.82, 2.24) is 9.97 Å². The maximum Gasteiger partial charge on any atom is 0.147 e. The minimum atomic E-state index is -0.230. The second-order valence-electron chi connectivity index (χ2n) is 4.06. The highest BCUT2D eigenvalue weighted by Gasteiger charge is 2.05. The van der Waals surface area contributed by atoms with Crippen LogP contribution in [0.25, 0.3) is 0 Å². The molecule has 0 saturated carbocycles. The highest BCUT2D eigenvalue weighted by Crippen LogP contribution is 2.12. The third-order valence-electron chi connectivity index (χ3n) is 2.60. The summed E-state index contributed by atoms with van der Waals surface area (Å²) in [4.78, 5) is 10.4. The van der Waals surface area contributed by atoms with E-state index in [-0.39, 0.29) is 5.82 Å². The lowest BCUT2D eigenvalue weighted by molar-refractivity contribution is 0.627. The quantitative estimate of drug-likeness (QED) is 0.892. The topological polar surface area (TPSA) is 55.0 Å². The van der Waals surface area contributed by atoms with Gasteiger partial charge in [0, 0.05) is 26.3 Å². The van der Waals surface area contributed by atoms with Crippen LogP contribution in [0.1, 0.15) is 11.3 Å². The van der Waals surface area contributed by atoms with E-state index < -0.39 is 0 Å². The molecular weight excluding hydrogens is 231 g/mol. The molecule has 0 aliphatic rings. The van der Waals surface area contributed by atoms with Gasteiger partial charge in [-0.05, 0) is 17.7 Å². The van der Waals surface area contributed by atoms with Gasteiger partial charge in [0.25, 0.3) is 0 Å². The van der Waals surface area contributed by atoms with Crippen LogP contribution >= 0.6 is 0 Å². The number of hydrogen-bond acceptors (Lipinski definition) is 4. The lowest BCUT2D eigenvalue weighted by atomic mass is 10.2. The van der Waals surface area contributed by atoms with Crippen LogP contribution in [-0.4, -0.2) is 17.0 Å². The molecule has 0 radical (unpaired) electrons. The minimum absolute atomic E-state index is 0.230. The molecule has 0 aliphatic heterocycles. The standard InChI is InChI=1S/C13H15FN4/c1-18(9-10-2-4-11(14)5-3-10)13-8-16-7-12(6-15)17-13/h2-5,7-8H,6,9,15H2,1H3. The maximum atomic E-state index is 12.8. The Hall–Kier alpha value is -2.01. The van der Waals surface area contributed by atoms with E-state index in [4.69, 9.17) is 5.73 Å². The Kier molecular flexibility index (Phi) is 3.84. The molecule has 4 nitrogen and oxygen atoms in total. The molecule has 1 aromatic heterocycles. The fraction of sp³-hybridized carbons (Fsp3) is 0.231. The molecule has 0 bridgehead atoms. The van der Waals surface area contributed by atoms with E-state index in [1.54, 1.807) is 24.5 Å². The average Bonchev–Trinajstić information content (AvgIpc) is 2.41. The van der Waals surface area contributed by atoms with E-state index in [2.05, 4.69) is 9.97 Å². The molecule has 0 unspecified atom stereocenters. The molecule has 0 aliphatic carbocycles. The van der Waals surface area contributed by atoms with Gasteiger partial charge in [0.2, 0.25) is 0 Å². The Morgan fingerprint density at radius 1 is 1.22 bits per heavy atom. The van der Waals surface area contributed by atoms with Crippen molar-refractivity contribution in [2.45, 2.75) is 13.1 Å². The zero-order valence-corrected chi connectivity index (χ0v) is 10.2. The first-order chi connectivity index (χ1) is 8.69. The summed E-state index contributed by atoms with van der Waals surface area (Å²) in [6.07, 6.45) is 3.33. The van der Waals surface area contributed by atoms with Crippen LogP contribution < -0.4 is 10.6 Å². The third kappa shape index (κ3) is 3.01. The van der Waals surface area contributed by atoms with Gasteiger partial charge in [-0.1, -0.05) is 12.1 Å². The van der Waals surface area contributed by atoms with E-state index in [0.29, 0.717) is 13.1 Å². The molecule has 1 aromatic carbocycles. The first-order valence-corrected chi connectivity index (χ1v) is 5.65. The molecule has 0 fully saturated rings. The third-order valence-corrected chi connectivity index (χ3v) is 2.60. The van der Waals surface area contributed by atoms with Gasteiger partial charge in [-0.25, -0.2) is 9.37 Å². The van der Waals surface area contributed by atoms with Crippen LogP contribution in [0, 0.1) is 5.82 Å². The van der Waals surface area contributed by atoms with Gasteiger partial charge in [0.1, 0.15) is 11.6 Å². The van der Waals surface area contributed by atoms with Crippen molar-refractivity contribution in [3.8, 4) is 0 Å². The van der Waals surface area contributed by atoms with E-state index in [0.717, 1.165) is 17.1 Å². The molecule has 2 aromatic rings. The van der Waals surface area contributed by atoms with Gasteiger partial charge in [0.05, 0.1) is 11.9 Å². The minimum Gasteiger partial charge on any atom is -0.354 e. The second kappa shape index (κ2) is 5.55. The number of anilines is 1. The summed E-state index contributed by atoms with van der Waals surface area (Å²) < 4.78 is 12.8. The Labute approximate surface area is 105 Å². The zero-order valence-electron chi connectivity index (χ0n) is 10.2. The molecule has 2 N–H and O–H groups in total. The lowest BCUT2D eigenvalue weighted by Gasteiger charge is -2.18. The predicted octanol–water partition coefficient (Wildman–Crippen LogP) is 1.71. The van der Waals surface area contributed by atoms with Gasteiger partial charge in [-0.2, -0.15) is 0 Å². The number of hydrogen-bond donors (Lipinski definition) is 1. The molecule has 0 spiro atoms. The Morgan fingerprint density at radius 2 is 1.94 bits per heavy atom. The van der Waals surface area contributed by atoms with Gasteiger partial charge in [0.15, 0.2) is 0 Å². The van der Waals surface area contributed by atoms with Crippen molar-refractivity contribution < 1.29 is 4.39 Å². The van der Waals surface area contributed by atoms with Crippen LogP contribution in [0.4, 0.5) is 10.2 Å². The van der Waals surface area contributed by atoms with Crippen LogP contribution in [0.15, 0.2) is 36.7 Å². The summed E-state index contributed by atoms with van der Waals surface area (Å²) in [7, 11) is 1.91. The monoisotopic (exact) mass is 246 g/mol. The van der Waals surface area contributed by atoms with Crippen molar-refractivity contribution in [2.75, 3.05) is 11.9 Å². The molecule has 94 valence electrons. The zero-order chi connectivity index (χ0) is 13.0. The van der Waals surface area contributed by atoms with Gasteiger partial charge in [-0.3, -0.25) is 4.98 Å². The number of aromatic nitrogens is 2. The number of nitrogens with two attached hydrogens (primary N) is 1. The second-order valence-corrected chi connectivity index (χ2v) is 4.06. The summed E-state index contributed by atoms with van der Waals surface area (Å²) in [5.41, 5.74) is 7.29. The van der Waals surface area contributed by atoms with Crippen molar-refractivity contribution >= 4 is 5.82 Å². The van der Waals surface area contributed by atoms with Crippen molar-refractivity contribution in [3.63, 3.8) is 0 Å². The van der Waals surface area contributed by atoms with Gasteiger partial charge >= 0.3 is 0 Å². The predicted molar refractivity (Wildman–Crippen MR) is 68.4 cm³/mol. The lowest BCUT2D eigenvalue weighted by Crippen LogP contribution is -2.18. The van der Waals surface area contributed by atoms with Crippen LogP contribution in [-0.2, 0) is 13.1 Å². The molecular formula is C13H15FN4. The van der Waals surface area contributed by atoms with E-state index in [1.807, 2.05) is 11.9 Å². The first-order valence-electron chi connectivity index (χ1n) is 5.65. The fourth-order valence-corrected chi connectivity index (χ4v) is 1.62. The average molecular weight is 246 g/mol. The molecule has 1 heterocycles. The SMILES string of the molecule is CN(Cc1ccc(F)cc1)c1cncc(CN)n1. The molecule has 0 atom stereocenters. The van der Waals surface area contributed by atoms with Crippen LogP contribution in [0.5, 0.6) is 0 Å². The summed E-state index contributed by atoms with van der Waals surface area (Å²) in [5.74, 6) is 0.522.